The highest BCUT2D eigenvalue weighted by Gasteiger charge is 2.69. The quantitative estimate of drug-likeness (QED) is 0.208. The molecule has 0 radical (unpaired) electrons. The van der Waals surface area contributed by atoms with Crippen LogP contribution >= 0.6 is 0 Å². The maximum atomic E-state index is 14.6. The molecule has 1 unspecified atom stereocenters. The van der Waals surface area contributed by atoms with Crippen molar-refractivity contribution in [3.05, 3.63) is 0 Å². The summed E-state index contributed by atoms with van der Waals surface area (Å²) in [4.78, 5) is 69.0. The molecule has 0 aromatic carbocycles. The molecule has 288 valence electrons. The summed E-state index contributed by atoms with van der Waals surface area (Å²) < 4.78 is 29.4. The highest BCUT2D eigenvalue weighted by Crippen LogP contribution is 2.65. The Balaban J connectivity index is 1.34. The molecule has 5 fully saturated rings. The standard InChI is InChI=1S/C36H61N7O7S/c1-21(2)43-17-16-41(51(43,49)50)20-26(35(3,4)5)39-34(48)40-28(23-14-9-8-10-15-23)33(47)42-19-24-27(36(24,6)7)29(42)32(46)38-25(30(44)31(37)45)18-22-12-11-13-22/h21-29H,8-20H2,1-7H3,(H2,37,45)(H,38,46)(H2,39,40,48)/t24-,25?,26+,27-,28-,29-/m0/s1. The van der Waals surface area contributed by atoms with E-state index in [1.807, 2.05) is 34.6 Å². The van der Waals surface area contributed by atoms with Gasteiger partial charge in [-0.25, -0.2) is 4.79 Å². The van der Waals surface area contributed by atoms with Crippen molar-refractivity contribution in [1.82, 2.24) is 29.5 Å². The molecule has 15 heteroatoms. The van der Waals surface area contributed by atoms with E-state index < -0.39 is 63.4 Å². The Morgan fingerprint density at radius 2 is 1.55 bits per heavy atom. The topological polar surface area (TPSA) is 191 Å². The number of Topliss-reactive ketones (excluding diaryl/α,β-unsaturated/α-hetero) is 1. The molecule has 5 aliphatic rings. The smallest absolute Gasteiger partial charge is 0.315 e. The van der Waals surface area contributed by atoms with Crippen LogP contribution in [0, 0.1) is 34.5 Å². The highest BCUT2D eigenvalue weighted by atomic mass is 32.2. The number of hydrogen-bond acceptors (Lipinski definition) is 7. The van der Waals surface area contributed by atoms with Crippen molar-refractivity contribution in [3.8, 4) is 0 Å². The minimum Gasteiger partial charge on any atom is -0.363 e. The zero-order chi connectivity index (χ0) is 37.6. The second kappa shape index (κ2) is 14.9. The molecule has 2 saturated heterocycles. The zero-order valence-electron chi connectivity index (χ0n) is 31.6. The first kappa shape index (κ1) is 39.4. The van der Waals surface area contributed by atoms with Crippen LogP contribution in [0.1, 0.15) is 106 Å². The van der Waals surface area contributed by atoms with Gasteiger partial charge in [0.25, 0.3) is 16.1 Å². The summed E-state index contributed by atoms with van der Waals surface area (Å²) in [5.74, 6) is -2.70. The third kappa shape index (κ3) is 8.24. The molecule has 2 aliphatic heterocycles. The average molecular weight is 736 g/mol. The molecule has 0 bridgehead atoms. The number of piperidine rings is 1. The maximum absolute atomic E-state index is 14.6. The van der Waals surface area contributed by atoms with Gasteiger partial charge in [0.1, 0.15) is 12.1 Å². The van der Waals surface area contributed by atoms with E-state index in [0.29, 0.717) is 26.1 Å². The Kier molecular flexibility index (Phi) is 11.5. The van der Waals surface area contributed by atoms with Gasteiger partial charge in [-0.15, -0.1) is 0 Å². The number of nitrogens with zero attached hydrogens (tertiary/aromatic N) is 3. The van der Waals surface area contributed by atoms with Crippen molar-refractivity contribution in [3.63, 3.8) is 0 Å². The van der Waals surface area contributed by atoms with Crippen LogP contribution in [0.2, 0.25) is 0 Å². The van der Waals surface area contributed by atoms with E-state index in [1.54, 1.807) is 4.90 Å². The first-order chi connectivity index (χ1) is 23.7. The lowest BCUT2D eigenvalue weighted by Gasteiger charge is -2.38. The Morgan fingerprint density at radius 3 is 2.08 bits per heavy atom. The average Bonchev–Trinajstić information content (AvgIpc) is 3.30. The van der Waals surface area contributed by atoms with Gasteiger partial charge in [-0.2, -0.15) is 17.0 Å². The molecular weight excluding hydrogens is 675 g/mol. The van der Waals surface area contributed by atoms with Gasteiger partial charge in [0, 0.05) is 38.3 Å². The van der Waals surface area contributed by atoms with Gasteiger partial charge < -0.3 is 26.6 Å². The van der Waals surface area contributed by atoms with Crippen molar-refractivity contribution in [1.29, 1.82) is 0 Å². The molecule has 51 heavy (non-hydrogen) atoms. The molecule has 0 aromatic rings. The fourth-order valence-corrected chi connectivity index (χ4v) is 10.7. The molecule has 14 nitrogen and oxygen atoms in total. The van der Waals surface area contributed by atoms with Gasteiger partial charge in [-0.05, 0) is 67.6 Å². The SMILES string of the molecule is CC(C)N1CCN(C[C@@H](NC(=O)N[C@H](C(=O)N2C[C@H]3[C@@H]([C@H]2C(=O)NC(CC2CCC2)C(=O)C(N)=O)C3(C)C)C2CCCCC2)C(C)(C)C)S1(=O)=O. The van der Waals surface area contributed by atoms with E-state index in [1.165, 1.54) is 8.61 Å². The summed E-state index contributed by atoms with van der Waals surface area (Å²) in [6.45, 7) is 14.8. The highest BCUT2D eigenvalue weighted by molar-refractivity contribution is 7.87. The van der Waals surface area contributed by atoms with E-state index in [9.17, 15) is 32.4 Å². The van der Waals surface area contributed by atoms with E-state index in [-0.39, 0.29) is 47.6 Å². The van der Waals surface area contributed by atoms with E-state index >= 15 is 0 Å². The lowest BCUT2D eigenvalue weighted by atomic mass is 9.80. The van der Waals surface area contributed by atoms with Crippen LogP contribution in [0.5, 0.6) is 0 Å². The molecule has 0 aromatic heterocycles. The Bertz CT molecular complexity index is 1470. The Labute approximate surface area is 303 Å². The number of ketones is 1. The predicted molar refractivity (Wildman–Crippen MR) is 192 cm³/mol. The molecule has 5 N–H and O–H groups in total. The van der Waals surface area contributed by atoms with Crippen molar-refractivity contribution >= 4 is 39.7 Å². The van der Waals surface area contributed by atoms with Crippen molar-refractivity contribution in [2.24, 2.45) is 40.2 Å². The number of likely N-dealkylation sites (tertiary alicyclic amines) is 1. The van der Waals surface area contributed by atoms with Crippen LogP contribution in [-0.4, -0.2) is 108 Å². The van der Waals surface area contributed by atoms with Crippen molar-refractivity contribution < 1.29 is 32.4 Å². The van der Waals surface area contributed by atoms with Crippen LogP contribution < -0.4 is 21.7 Å². The maximum Gasteiger partial charge on any atom is 0.315 e. The number of amides is 5. The summed E-state index contributed by atoms with van der Waals surface area (Å²) >= 11 is 0. The molecule has 3 aliphatic carbocycles. The second-order valence-corrected chi connectivity index (χ2v) is 19.6. The third-order valence-electron chi connectivity index (χ3n) is 12.6. The largest absolute Gasteiger partial charge is 0.363 e. The molecular formula is C36H61N7O7S. The first-order valence-corrected chi connectivity index (χ1v) is 20.4. The normalized spacial score (nSPS) is 28.3. The number of fused-ring (bicyclic) bond motifs is 1. The van der Waals surface area contributed by atoms with Crippen LogP contribution in [0.3, 0.4) is 0 Å². The fourth-order valence-electron chi connectivity index (χ4n) is 8.94. The van der Waals surface area contributed by atoms with Gasteiger partial charge in [-0.1, -0.05) is 73.1 Å². The number of primary amides is 1. The summed E-state index contributed by atoms with van der Waals surface area (Å²) in [6, 6.07) is -4.10. The lowest BCUT2D eigenvalue weighted by molar-refractivity contribution is -0.144. The number of rotatable bonds is 13. The Morgan fingerprint density at radius 1 is 0.902 bits per heavy atom. The second-order valence-electron chi connectivity index (χ2n) is 17.7. The minimum atomic E-state index is -3.68. The molecule has 3 saturated carbocycles. The number of carbonyl (C=O) groups excluding carboxylic acids is 5. The first-order valence-electron chi connectivity index (χ1n) is 19.0. The van der Waals surface area contributed by atoms with Crippen LogP contribution in [0.25, 0.3) is 0 Å². The lowest BCUT2D eigenvalue weighted by Crippen LogP contribution is -2.62. The zero-order valence-corrected chi connectivity index (χ0v) is 32.4. The predicted octanol–water partition coefficient (Wildman–Crippen LogP) is 2.13. The molecule has 0 spiro atoms. The van der Waals surface area contributed by atoms with Crippen molar-refractivity contribution in [2.75, 3.05) is 26.2 Å². The van der Waals surface area contributed by atoms with Crippen LogP contribution in [0.4, 0.5) is 4.79 Å². The van der Waals surface area contributed by atoms with Crippen LogP contribution in [-0.2, 0) is 29.4 Å². The molecule has 5 rings (SSSR count). The summed E-state index contributed by atoms with van der Waals surface area (Å²) in [5, 5.41) is 8.85. The number of hydrogen-bond donors (Lipinski definition) is 4. The number of nitrogens with two attached hydrogens (primary N) is 1. The molecule has 2 heterocycles. The summed E-state index contributed by atoms with van der Waals surface area (Å²) in [6.07, 6.45) is 7.57. The van der Waals surface area contributed by atoms with E-state index in [4.69, 9.17) is 5.73 Å². The fraction of sp³-hybridized carbons (Fsp3) is 0.861. The Hall–Kier alpha value is -2.78. The third-order valence-corrected chi connectivity index (χ3v) is 14.8. The van der Waals surface area contributed by atoms with Crippen molar-refractivity contribution in [2.45, 2.75) is 136 Å². The monoisotopic (exact) mass is 735 g/mol. The van der Waals surface area contributed by atoms with Gasteiger partial charge in [0.05, 0.1) is 6.04 Å². The summed E-state index contributed by atoms with van der Waals surface area (Å²) in [5.41, 5.74) is 4.68. The number of urea groups is 1. The van der Waals surface area contributed by atoms with Gasteiger partial charge >= 0.3 is 6.03 Å². The van der Waals surface area contributed by atoms with Gasteiger partial charge in [0.2, 0.25) is 17.6 Å². The van der Waals surface area contributed by atoms with E-state index in [0.717, 1.165) is 51.4 Å². The minimum absolute atomic E-state index is 0.0769. The molecule has 6 atom stereocenters. The molecule has 5 amide bonds. The van der Waals surface area contributed by atoms with Gasteiger partial charge in [0.15, 0.2) is 0 Å². The van der Waals surface area contributed by atoms with Gasteiger partial charge in [-0.3, -0.25) is 19.2 Å². The van der Waals surface area contributed by atoms with E-state index in [2.05, 4.69) is 29.8 Å². The number of carbonyl (C=O) groups is 5. The number of nitrogens with one attached hydrogen (secondary N) is 3. The summed E-state index contributed by atoms with van der Waals surface area (Å²) in [7, 11) is -3.68. The van der Waals surface area contributed by atoms with Crippen LogP contribution in [0.15, 0.2) is 0 Å².